The van der Waals surface area contributed by atoms with Crippen LogP contribution in [0, 0.1) is 46.3 Å². The Kier molecular flexibility index (Phi) is 7.70. The summed E-state index contributed by atoms with van der Waals surface area (Å²) >= 11 is 0. The maximum Gasteiger partial charge on any atom is 0.244 e. The molecule has 0 amide bonds. The SMILES string of the molecule is C[C@@H]1CC[C@@]2(OC1)O[C@H]1C[C@H]3[C@@H]4CC=C5C[C@H](n6cc[n+](Cc7ccc8ccccc8c7)c6)CC[C@]5(C)[C@H]4CC[C@]3(C)[C@H]1[C@@H]2C.[Br-]. The maximum absolute atomic E-state index is 7.02. The molecule has 4 nitrogen and oxygen atoms in total. The van der Waals surface area contributed by atoms with Crippen molar-refractivity contribution in [2.24, 2.45) is 46.3 Å². The minimum absolute atomic E-state index is 0. The van der Waals surface area contributed by atoms with E-state index in [0.717, 1.165) is 37.3 Å². The predicted octanol–water partition coefficient (Wildman–Crippen LogP) is 5.89. The first-order valence-electron chi connectivity index (χ1n) is 18.3. The van der Waals surface area contributed by atoms with E-state index >= 15 is 0 Å². The van der Waals surface area contributed by atoms with Crippen LogP contribution in [0.5, 0.6) is 0 Å². The van der Waals surface area contributed by atoms with Crippen LogP contribution in [0.1, 0.15) is 97.1 Å². The van der Waals surface area contributed by atoms with Crippen molar-refractivity contribution in [3.8, 4) is 0 Å². The van der Waals surface area contributed by atoms with Crippen molar-refractivity contribution in [3.63, 3.8) is 0 Å². The monoisotopic (exact) mass is 684 g/mol. The molecule has 46 heavy (non-hydrogen) atoms. The molecule has 0 N–H and O–H groups in total. The third-order valence-electron chi connectivity index (χ3n) is 14.7. The summed E-state index contributed by atoms with van der Waals surface area (Å²) in [4.78, 5) is 0. The van der Waals surface area contributed by atoms with Crippen molar-refractivity contribution in [3.05, 3.63) is 78.4 Å². The Morgan fingerprint density at radius 1 is 0.957 bits per heavy atom. The Labute approximate surface area is 286 Å². The number of halogens is 1. The molecular weight excluding hydrogens is 632 g/mol. The van der Waals surface area contributed by atoms with Crippen molar-refractivity contribution in [2.75, 3.05) is 6.61 Å². The fraction of sp³-hybridized carbons (Fsp3) is 0.634. The van der Waals surface area contributed by atoms with E-state index in [4.69, 9.17) is 9.47 Å². The van der Waals surface area contributed by atoms with Crippen LogP contribution in [0.2, 0.25) is 0 Å². The van der Waals surface area contributed by atoms with Crippen LogP contribution < -0.4 is 21.5 Å². The number of imidazole rings is 1. The molecule has 1 spiro atoms. The van der Waals surface area contributed by atoms with Gasteiger partial charge in [-0.2, -0.15) is 0 Å². The van der Waals surface area contributed by atoms with Crippen LogP contribution in [0.4, 0.5) is 0 Å². The highest BCUT2D eigenvalue weighted by atomic mass is 79.9. The lowest BCUT2D eigenvalue weighted by atomic mass is 9.46. The second-order valence-corrected chi connectivity index (χ2v) is 16.9. The van der Waals surface area contributed by atoms with Crippen LogP contribution in [0.25, 0.3) is 10.8 Å². The van der Waals surface area contributed by atoms with Crippen LogP contribution in [0.3, 0.4) is 0 Å². The van der Waals surface area contributed by atoms with Gasteiger partial charge in [-0.05, 0) is 108 Å². The summed E-state index contributed by atoms with van der Waals surface area (Å²) in [5.41, 5.74) is 3.89. The van der Waals surface area contributed by atoms with E-state index in [-0.39, 0.29) is 22.8 Å². The molecule has 3 heterocycles. The molecule has 0 unspecified atom stereocenters. The van der Waals surface area contributed by atoms with Crippen molar-refractivity contribution in [1.29, 1.82) is 0 Å². The van der Waals surface area contributed by atoms with Crippen LogP contribution >= 0.6 is 0 Å². The third-order valence-corrected chi connectivity index (χ3v) is 14.7. The summed E-state index contributed by atoms with van der Waals surface area (Å²) in [6, 6.07) is 16.1. The molecule has 5 heteroatoms. The van der Waals surface area contributed by atoms with Gasteiger partial charge in [0.1, 0.15) is 25.0 Å². The number of aromatic nitrogens is 2. The number of allylic oxidation sites excluding steroid dienone is 2. The molecule has 3 aromatic rings. The van der Waals surface area contributed by atoms with E-state index in [2.05, 4.69) is 104 Å². The zero-order valence-corrected chi connectivity index (χ0v) is 29.9. The number of hydrogen-bond acceptors (Lipinski definition) is 2. The number of hydrogen-bond donors (Lipinski definition) is 0. The van der Waals surface area contributed by atoms with E-state index in [0.29, 0.717) is 40.7 Å². The van der Waals surface area contributed by atoms with E-state index in [1.165, 1.54) is 67.7 Å². The van der Waals surface area contributed by atoms with Gasteiger partial charge >= 0.3 is 0 Å². The van der Waals surface area contributed by atoms with Crippen molar-refractivity contribution in [1.82, 2.24) is 4.57 Å². The van der Waals surface area contributed by atoms with E-state index in [9.17, 15) is 0 Å². The first kappa shape index (κ1) is 31.3. The highest BCUT2D eigenvalue weighted by molar-refractivity contribution is 5.82. The van der Waals surface area contributed by atoms with Crippen LogP contribution in [0.15, 0.2) is 72.8 Å². The van der Waals surface area contributed by atoms with Gasteiger partial charge in [-0.3, -0.25) is 0 Å². The summed E-state index contributed by atoms with van der Waals surface area (Å²) in [5, 5.41) is 2.64. The fourth-order valence-electron chi connectivity index (χ4n) is 12.2. The Morgan fingerprint density at radius 2 is 1.80 bits per heavy atom. The van der Waals surface area contributed by atoms with Crippen LogP contribution in [-0.4, -0.2) is 23.1 Å². The number of rotatable bonds is 3. The first-order chi connectivity index (χ1) is 21.8. The summed E-state index contributed by atoms with van der Waals surface area (Å²) in [7, 11) is 0. The van der Waals surface area contributed by atoms with Crippen molar-refractivity contribution < 1.29 is 31.0 Å². The molecular formula is C41H53BrN2O2. The molecule has 2 aromatic carbocycles. The lowest BCUT2D eigenvalue weighted by Gasteiger charge is -2.58. The Morgan fingerprint density at radius 3 is 2.63 bits per heavy atom. The van der Waals surface area contributed by atoms with Crippen molar-refractivity contribution in [2.45, 2.75) is 110 Å². The van der Waals surface area contributed by atoms with Gasteiger partial charge in [-0.1, -0.05) is 75.7 Å². The molecule has 9 rings (SSSR count). The zero-order chi connectivity index (χ0) is 30.6. The normalized spacial score (nSPS) is 42.9. The van der Waals surface area contributed by atoms with Crippen molar-refractivity contribution >= 4 is 10.8 Å². The number of nitrogens with zero attached hydrogens (tertiary/aromatic N) is 2. The van der Waals surface area contributed by atoms with Gasteiger partial charge < -0.3 is 26.5 Å². The number of fused-ring (bicyclic) bond motifs is 8. The molecule has 2 saturated heterocycles. The van der Waals surface area contributed by atoms with Gasteiger partial charge in [0.2, 0.25) is 6.33 Å². The lowest BCUT2D eigenvalue weighted by molar-refractivity contribution is -0.688. The van der Waals surface area contributed by atoms with Gasteiger partial charge in [0.15, 0.2) is 5.79 Å². The van der Waals surface area contributed by atoms with Gasteiger partial charge in [0.05, 0.1) is 12.7 Å². The predicted molar refractivity (Wildman–Crippen MR) is 178 cm³/mol. The van der Waals surface area contributed by atoms with Crippen LogP contribution in [-0.2, 0) is 16.0 Å². The molecule has 0 radical (unpaired) electrons. The molecule has 0 bridgehead atoms. The molecule has 5 fully saturated rings. The largest absolute Gasteiger partial charge is 1.00 e. The smallest absolute Gasteiger partial charge is 0.244 e. The molecule has 2 aliphatic heterocycles. The molecule has 4 aliphatic carbocycles. The van der Waals surface area contributed by atoms with E-state index in [1.807, 2.05) is 0 Å². The molecule has 3 saturated carbocycles. The summed E-state index contributed by atoms with van der Waals surface area (Å²) < 4.78 is 18.5. The average Bonchev–Trinajstić information content (AvgIpc) is 3.70. The lowest BCUT2D eigenvalue weighted by Crippen LogP contribution is -3.00. The van der Waals surface area contributed by atoms with E-state index in [1.54, 1.807) is 5.57 Å². The molecule has 11 atom stereocenters. The fourth-order valence-corrected chi connectivity index (χ4v) is 12.2. The third kappa shape index (κ3) is 4.68. The Bertz CT molecular complexity index is 1640. The Hall–Kier alpha value is -1.95. The summed E-state index contributed by atoms with van der Waals surface area (Å²) in [6.07, 6.45) is 21.6. The molecule has 6 aliphatic rings. The topological polar surface area (TPSA) is 27.3 Å². The zero-order valence-electron chi connectivity index (χ0n) is 28.3. The standard InChI is InChI=1S/C41H53N2O2.BrH/c1-27-13-18-41(44-25-27)28(2)38-37(45-41)23-36-34-12-11-32-22-33(14-16-39(32,3)35(34)15-17-40(36,38)4)43-20-19-42(26-43)24-29-9-10-30-7-5-6-8-31(30)21-29;/h5-11,19-21,26-28,33-38H,12-18,22-25H2,1-4H3;1H/q+1;/p-1/t27-,28+,33-,34-,35+,36+,37+,38+,39+,40+,41-;/m1./s1. The van der Waals surface area contributed by atoms with Gasteiger partial charge in [0, 0.05) is 18.8 Å². The van der Waals surface area contributed by atoms with Gasteiger partial charge in [0.25, 0.3) is 0 Å². The summed E-state index contributed by atoms with van der Waals surface area (Å²) in [6.45, 7) is 11.9. The highest BCUT2D eigenvalue weighted by Crippen LogP contribution is 2.71. The van der Waals surface area contributed by atoms with E-state index < -0.39 is 0 Å². The second kappa shape index (κ2) is 11.3. The maximum atomic E-state index is 7.02. The quantitative estimate of drug-likeness (QED) is 0.254. The van der Waals surface area contributed by atoms with Gasteiger partial charge in [-0.25, -0.2) is 9.13 Å². The first-order valence-corrected chi connectivity index (χ1v) is 18.3. The summed E-state index contributed by atoms with van der Waals surface area (Å²) in [5.74, 6) is 3.96. The minimum Gasteiger partial charge on any atom is -1.00 e. The molecule has 1 aromatic heterocycles. The van der Waals surface area contributed by atoms with Gasteiger partial charge in [-0.15, -0.1) is 0 Å². The average molecular weight is 686 g/mol. The second-order valence-electron chi connectivity index (χ2n) is 16.9. The Balaban J connectivity index is 0.00000312. The highest BCUT2D eigenvalue weighted by Gasteiger charge is 2.68. The molecule has 246 valence electrons. The number of ether oxygens (including phenoxy) is 2. The number of benzene rings is 2. The minimum atomic E-state index is -0.303.